The number of carbonyl (C=O) groups is 2. The third-order valence-corrected chi connectivity index (χ3v) is 5.64. The van der Waals surface area contributed by atoms with E-state index in [1.807, 2.05) is 31.2 Å². The second kappa shape index (κ2) is 7.67. The Morgan fingerprint density at radius 2 is 2.03 bits per heavy atom. The molecule has 3 aromatic rings. The Balaban J connectivity index is 1.80. The minimum absolute atomic E-state index is 0.0992. The van der Waals surface area contributed by atoms with Crippen LogP contribution in [-0.2, 0) is 24.1 Å². The van der Waals surface area contributed by atoms with E-state index >= 15 is 0 Å². The molecule has 29 heavy (non-hydrogen) atoms. The fourth-order valence-corrected chi connectivity index (χ4v) is 4.24. The summed E-state index contributed by atoms with van der Waals surface area (Å²) in [4.78, 5) is 31.4. The first-order valence-corrected chi connectivity index (χ1v) is 9.69. The standard InChI is InChI=1S/C22H24N4O3/c1-14-16(7-9-23)18-5-3-4-6-20(18)26(14)21(27)19-12-24-11-15-13-25(22(28)29-2)10-8-17(15)19/h3-6,11-12H,7-10,13,23H2,1-2H3. The zero-order valence-corrected chi connectivity index (χ0v) is 16.6. The molecule has 150 valence electrons. The van der Waals surface area contributed by atoms with Crippen molar-refractivity contribution in [2.75, 3.05) is 20.2 Å². The van der Waals surface area contributed by atoms with Gasteiger partial charge in [0.1, 0.15) is 0 Å². The van der Waals surface area contributed by atoms with Gasteiger partial charge in [0.15, 0.2) is 0 Å². The maximum atomic E-state index is 13.6. The summed E-state index contributed by atoms with van der Waals surface area (Å²) in [6.07, 6.45) is 4.28. The zero-order valence-electron chi connectivity index (χ0n) is 16.6. The predicted octanol–water partition coefficient (Wildman–Crippen LogP) is 2.66. The fraction of sp³-hybridized carbons (Fsp3) is 0.318. The van der Waals surface area contributed by atoms with Crippen LogP contribution in [0, 0.1) is 6.92 Å². The lowest BCUT2D eigenvalue weighted by Crippen LogP contribution is -2.36. The lowest BCUT2D eigenvalue weighted by atomic mass is 9.97. The van der Waals surface area contributed by atoms with E-state index in [9.17, 15) is 9.59 Å². The molecule has 3 heterocycles. The van der Waals surface area contributed by atoms with Gasteiger partial charge >= 0.3 is 6.09 Å². The Kier molecular flexibility index (Phi) is 5.07. The van der Waals surface area contributed by atoms with E-state index < -0.39 is 0 Å². The SMILES string of the molecule is COC(=O)N1CCc2c(cncc2C(=O)n2c(C)c(CCN)c3ccccc32)C1. The number of pyridine rings is 1. The zero-order chi connectivity index (χ0) is 20.5. The van der Waals surface area contributed by atoms with Crippen LogP contribution in [0.4, 0.5) is 4.79 Å². The number of fused-ring (bicyclic) bond motifs is 2. The molecule has 0 atom stereocenters. The van der Waals surface area contributed by atoms with Crippen LogP contribution in [0.15, 0.2) is 36.7 Å². The third-order valence-electron chi connectivity index (χ3n) is 5.64. The fourth-order valence-electron chi connectivity index (χ4n) is 4.24. The van der Waals surface area contributed by atoms with Gasteiger partial charge in [0.2, 0.25) is 0 Å². The number of carbonyl (C=O) groups excluding carboxylic acids is 2. The smallest absolute Gasteiger partial charge is 0.409 e. The van der Waals surface area contributed by atoms with Crippen molar-refractivity contribution in [1.82, 2.24) is 14.5 Å². The monoisotopic (exact) mass is 392 g/mol. The molecule has 0 saturated heterocycles. The molecule has 1 aliphatic heterocycles. The van der Waals surface area contributed by atoms with Gasteiger partial charge in [-0.25, -0.2) is 4.79 Å². The highest BCUT2D eigenvalue weighted by Gasteiger charge is 2.27. The summed E-state index contributed by atoms with van der Waals surface area (Å²) in [6, 6.07) is 7.90. The first-order valence-electron chi connectivity index (χ1n) is 9.69. The van der Waals surface area contributed by atoms with E-state index in [4.69, 9.17) is 10.5 Å². The number of ether oxygens (including phenoxy) is 1. The summed E-state index contributed by atoms with van der Waals surface area (Å²) in [7, 11) is 1.37. The van der Waals surface area contributed by atoms with Gasteiger partial charge in [0.25, 0.3) is 5.91 Å². The van der Waals surface area contributed by atoms with Crippen molar-refractivity contribution in [3.05, 3.63) is 64.6 Å². The van der Waals surface area contributed by atoms with Gasteiger partial charge in [0.05, 0.1) is 24.7 Å². The number of hydrogen-bond acceptors (Lipinski definition) is 5. The lowest BCUT2D eigenvalue weighted by Gasteiger charge is -2.28. The van der Waals surface area contributed by atoms with E-state index in [1.54, 1.807) is 21.9 Å². The summed E-state index contributed by atoms with van der Waals surface area (Å²) in [5.74, 6) is -0.0992. The van der Waals surface area contributed by atoms with Crippen molar-refractivity contribution in [2.45, 2.75) is 26.3 Å². The summed E-state index contributed by atoms with van der Waals surface area (Å²) >= 11 is 0. The topological polar surface area (TPSA) is 90.5 Å². The minimum atomic E-state index is -0.369. The molecule has 0 saturated carbocycles. The maximum Gasteiger partial charge on any atom is 0.409 e. The molecular formula is C22H24N4O3. The molecule has 2 N–H and O–H groups in total. The van der Waals surface area contributed by atoms with Crippen LogP contribution in [0.2, 0.25) is 0 Å². The summed E-state index contributed by atoms with van der Waals surface area (Å²) in [6.45, 7) is 3.38. The number of methoxy groups -OCH3 is 1. The number of hydrogen-bond donors (Lipinski definition) is 1. The van der Waals surface area contributed by atoms with Crippen LogP contribution < -0.4 is 5.73 Å². The summed E-state index contributed by atoms with van der Waals surface area (Å²) in [5, 5.41) is 1.05. The highest BCUT2D eigenvalue weighted by Crippen LogP contribution is 2.29. The highest BCUT2D eigenvalue weighted by molar-refractivity contribution is 6.05. The molecule has 2 aromatic heterocycles. The van der Waals surface area contributed by atoms with Crippen LogP contribution >= 0.6 is 0 Å². The third kappa shape index (κ3) is 3.17. The van der Waals surface area contributed by atoms with E-state index in [1.165, 1.54) is 7.11 Å². The second-order valence-corrected chi connectivity index (χ2v) is 7.23. The summed E-state index contributed by atoms with van der Waals surface area (Å²) < 4.78 is 6.59. The summed E-state index contributed by atoms with van der Waals surface area (Å²) in [5.41, 5.74) is 11.1. The predicted molar refractivity (Wildman–Crippen MR) is 110 cm³/mol. The Morgan fingerprint density at radius 1 is 1.24 bits per heavy atom. The molecule has 7 nitrogen and oxygen atoms in total. The number of aromatic nitrogens is 2. The van der Waals surface area contributed by atoms with E-state index in [-0.39, 0.29) is 12.0 Å². The largest absolute Gasteiger partial charge is 0.453 e. The van der Waals surface area contributed by atoms with Gasteiger partial charge in [-0.05, 0) is 49.1 Å². The molecule has 0 fully saturated rings. The van der Waals surface area contributed by atoms with E-state index in [0.717, 1.165) is 33.3 Å². The van der Waals surface area contributed by atoms with Crippen LogP contribution in [0.1, 0.15) is 32.7 Å². The molecule has 1 amide bonds. The van der Waals surface area contributed by atoms with Crippen molar-refractivity contribution < 1.29 is 14.3 Å². The molecule has 7 heteroatoms. The average molecular weight is 392 g/mol. The lowest BCUT2D eigenvalue weighted by molar-refractivity contribution is 0.0960. The Bertz CT molecular complexity index is 1100. The molecule has 0 radical (unpaired) electrons. The molecule has 1 aliphatic rings. The van der Waals surface area contributed by atoms with Crippen LogP contribution in [0.3, 0.4) is 0 Å². The number of amides is 1. The van der Waals surface area contributed by atoms with Gasteiger partial charge in [-0.3, -0.25) is 14.3 Å². The first-order chi connectivity index (χ1) is 14.1. The van der Waals surface area contributed by atoms with Gasteiger partial charge < -0.3 is 15.4 Å². The number of benzene rings is 1. The van der Waals surface area contributed by atoms with Gasteiger partial charge in [-0.1, -0.05) is 18.2 Å². The Morgan fingerprint density at radius 3 is 2.79 bits per heavy atom. The maximum absolute atomic E-state index is 13.6. The molecule has 0 bridgehead atoms. The Labute approximate surface area is 169 Å². The van der Waals surface area contributed by atoms with Crippen LogP contribution in [0.5, 0.6) is 0 Å². The quantitative estimate of drug-likeness (QED) is 0.740. The van der Waals surface area contributed by atoms with Crippen molar-refractivity contribution in [1.29, 1.82) is 0 Å². The van der Waals surface area contributed by atoms with Crippen LogP contribution in [-0.4, -0.2) is 46.7 Å². The normalized spacial score (nSPS) is 13.4. The molecule has 0 aliphatic carbocycles. The Hall–Kier alpha value is -3.19. The van der Waals surface area contributed by atoms with Crippen molar-refractivity contribution in [3.63, 3.8) is 0 Å². The number of nitrogens with two attached hydrogens (primary N) is 1. The van der Waals surface area contributed by atoms with Crippen LogP contribution in [0.25, 0.3) is 10.9 Å². The number of nitrogens with zero attached hydrogens (tertiary/aromatic N) is 3. The molecule has 1 aromatic carbocycles. The van der Waals surface area contributed by atoms with Gasteiger partial charge in [-0.2, -0.15) is 0 Å². The minimum Gasteiger partial charge on any atom is -0.453 e. The van der Waals surface area contributed by atoms with E-state index in [0.29, 0.717) is 38.0 Å². The number of rotatable bonds is 3. The number of para-hydroxylation sites is 1. The van der Waals surface area contributed by atoms with Gasteiger partial charge in [0, 0.05) is 30.0 Å². The second-order valence-electron chi connectivity index (χ2n) is 7.23. The van der Waals surface area contributed by atoms with Crippen molar-refractivity contribution in [3.8, 4) is 0 Å². The molecule has 4 rings (SSSR count). The average Bonchev–Trinajstić information content (AvgIpc) is 3.03. The molecular weight excluding hydrogens is 368 g/mol. The highest BCUT2D eigenvalue weighted by atomic mass is 16.5. The van der Waals surface area contributed by atoms with Crippen molar-refractivity contribution >= 4 is 22.9 Å². The van der Waals surface area contributed by atoms with Gasteiger partial charge in [-0.15, -0.1) is 0 Å². The van der Waals surface area contributed by atoms with Crippen molar-refractivity contribution in [2.24, 2.45) is 5.73 Å². The first kappa shape index (κ1) is 19.1. The molecule has 0 unspecified atom stereocenters. The van der Waals surface area contributed by atoms with E-state index in [2.05, 4.69) is 4.98 Å². The molecule has 0 spiro atoms.